The number of unbranched alkanes of at least 4 members (excludes halogenated alkanes) is 6. The zero-order chi connectivity index (χ0) is 37.7. The van der Waals surface area contributed by atoms with E-state index in [1.165, 1.54) is 37.5 Å². The molecule has 0 aliphatic carbocycles. The molecule has 0 amide bonds. The number of rotatable bonds is 18. The number of hydrogen-bond donors (Lipinski definition) is 0. The molecule has 0 aromatic heterocycles. The van der Waals surface area contributed by atoms with Gasteiger partial charge in [0.2, 0.25) is 0 Å². The molecule has 0 saturated carbocycles. The van der Waals surface area contributed by atoms with Crippen LogP contribution >= 0.6 is 0 Å². The molecule has 0 N–H and O–H groups in total. The van der Waals surface area contributed by atoms with Gasteiger partial charge in [-0.25, -0.2) is 13.2 Å². The average Bonchev–Trinajstić information content (AvgIpc) is 3.14. The van der Waals surface area contributed by atoms with Crippen LogP contribution in [-0.2, 0) is 0 Å². The summed E-state index contributed by atoms with van der Waals surface area (Å²) in [4.78, 5) is 0. The van der Waals surface area contributed by atoms with Crippen LogP contribution in [0.5, 0.6) is 11.5 Å². The van der Waals surface area contributed by atoms with E-state index in [1.807, 2.05) is 75.4 Å². The minimum absolute atomic E-state index is 0.299. The first-order valence-corrected chi connectivity index (χ1v) is 18.4. The monoisotopic (exact) mass is 714 g/mol. The van der Waals surface area contributed by atoms with Gasteiger partial charge in [0, 0.05) is 11.1 Å². The van der Waals surface area contributed by atoms with Gasteiger partial charge in [0.15, 0.2) is 0 Å². The Morgan fingerprint density at radius 2 is 0.981 bits per heavy atom. The Balaban J connectivity index is 0.957. The van der Waals surface area contributed by atoms with Crippen LogP contribution in [0.25, 0.3) is 39.0 Å². The van der Waals surface area contributed by atoms with Gasteiger partial charge in [0.05, 0.1) is 13.2 Å². The first kappa shape index (κ1) is 38.9. The van der Waals surface area contributed by atoms with Crippen molar-refractivity contribution in [3.63, 3.8) is 0 Å². The standard InChI is InChI=1S/C48H49F3O2/c1-33(2)13-14-34(3)43-23-17-40(31-45(43)50)38-19-25-47(35(4)29-38)52-27-11-9-7-6-8-10-12-28-53-48-26-20-39(30-36(48)5)41-18-24-44(46(51)32-41)37-15-21-42(49)22-16-37/h13-26,29-32H,1,3,6-12,27-28H2,2,4-5H3/b14-13-. The van der Waals surface area contributed by atoms with E-state index in [0.717, 1.165) is 76.1 Å². The normalized spacial score (nSPS) is 11.2. The van der Waals surface area contributed by atoms with Crippen LogP contribution < -0.4 is 9.47 Å². The number of ether oxygens (including phenoxy) is 2. The predicted molar refractivity (Wildman–Crippen MR) is 215 cm³/mol. The summed E-state index contributed by atoms with van der Waals surface area (Å²) < 4.78 is 55.2. The molecular weight excluding hydrogens is 666 g/mol. The zero-order valence-corrected chi connectivity index (χ0v) is 31.1. The van der Waals surface area contributed by atoms with Gasteiger partial charge in [-0.1, -0.05) is 112 Å². The highest BCUT2D eigenvalue weighted by molar-refractivity contribution is 5.76. The van der Waals surface area contributed by atoms with E-state index in [9.17, 15) is 13.2 Å². The van der Waals surface area contributed by atoms with Gasteiger partial charge in [-0.05, 0) is 127 Å². The Morgan fingerprint density at radius 3 is 1.47 bits per heavy atom. The van der Waals surface area contributed by atoms with Crippen LogP contribution in [-0.4, -0.2) is 13.2 Å². The lowest BCUT2D eigenvalue weighted by Gasteiger charge is -2.12. The van der Waals surface area contributed by atoms with Gasteiger partial charge >= 0.3 is 0 Å². The summed E-state index contributed by atoms with van der Waals surface area (Å²) in [6.45, 7) is 15.1. The highest BCUT2D eigenvalue weighted by Crippen LogP contribution is 2.32. The van der Waals surface area contributed by atoms with Crippen molar-refractivity contribution in [2.24, 2.45) is 0 Å². The Kier molecular flexibility index (Phi) is 13.9. The van der Waals surface area contributed by atoms with Crippen LogP contribution in [0.2, 0.25) is 0 Å². The SMILES string of the molecule is C=C(C)/C=C\C(=C)c1ccc(-c2ccc(OCCCCCCCCCOc3ccc(-c4ccc(-c5ccc(F)cc5)c(F)c4)cc3C)c(C)c2)cc1F. The molecule has 53 heavy (non-hydrogen) atoms. The lowest BCUT2D eigenvalue weighted by molar-refractivity contribution is 0.298. The number of benzene rings is 5. The largest absolute Gasteiger partial charge is 0.493 e. The van der Waals surface area contributed by atoms with Gasteiger partial charge in [-0.3, -0.25) is 0 Å². The van der Waals surface area contributed by atoms with Crippen LogP contribution in [0, 0.1) is 31.3 Å². The Hall–Kier alpha value is -5.29. The van der Waals surface area contributed by atoms with E-state index in [-0.39, 0.29) is 17.5 Å². The molecule has 0 saturated heterocycles. The molecule has 5 heteroatoms. The van der Waals surface area contributed by atoms with Crippen molar-refractivity contribution in [1.82, 2.24) is 0 Å². The summed E-state index contributed by atoms with van der Waals surface area (Å²) in [5, 5.41) is 0. The third kappa shape index (κ3) is 11.1. The highest BCUT2D eigenvalue weighted by atomic mass is 19.1. The molecule has 0 atom stereocenters. The maximum atomic E-state index is 14.9. The predicted octanol–water partition coefficient (Wildman–Crippen LogP) is 14.1. The first-order valence-electron chi connectivity index (χ1n) is 18.4. The molecule has 2 nitrogen and oxygen atoms in total. The third-order valence-corrected chi connectivity index (χ3v) is 9.33. The molecule has 0 aliphatic rings. The second-order valence-corrected chi connectivity index (χ2v) is 13.7. The quantitative estimate of drug-likeness (QED) is 0.0664. The summed E-state index contributed by atoms with van der Waals surface area (Å²) >= 11 is 0. The smallest absolute Gasteiger partial charge is 0.131 e. The molecule has 274 valence electrons. The molecule has 0 aliphatic heterocycles. The Labute approximate surface area is 313 Å². The first-order chi connectivity index (χ1) is 25.6. The lowest BCUT2D eigenvalue weighted by atomic mass is 9.98. The van der Waals surface area contributed by atoms with Crippen molar-refractivity contribution in [3.05, 3.63) is 162 Å². The minimum Gasteiger partial charge on any atom is -0.493 e. The Morgan fingerprint density at radius 1 is 0.528 bits per heavy atom. The maximum absolute atomic E-state index is 14.9. The summed E-state index contributed by atoms with van der Waals surface area (Å²) in [5.41, 5.74) is 8.58. The fourth-order valence-corrected chi connectivity index (χ4v) is 6.28. The van der Waals surface area contributed by atoms with Crippen molar-refractivity contribution in [1.29, 1.82) is 0 Å². The molecule has 0 radical (unpaired) electrons. The molecular formula is C48H49F3O2. The Bertz CT molecular complexity index is 2060. The number of hydrogen-bond acceptors (Lipinski definition) is 2. The second-order valence-electron chi connectivity index (χ2n) is 13.7. The molecule has 5 rings (SSSR count). The molecule has 0 heterocycles. The summed E-state index contributed by atoms with van der Waals surface area (Å²) in [7, 11) is 0. The van der Waals surface area contributed by atoms with Crippen molar-refractivity contribution in [2.45, 2.75) is 65.7 Å². The zero-order valence-electron chi connectivity index (χ0n) is 31.1. The van der Waals surface area contributed by atoms with Crippen LogP contribution in [0.1, 0.15) is 68.6 Å². The van der Waals surface area contributed by atoms with Crippen molar-refractivity contribution >= 4 is 5.57 Å². The van der Waals surface area contributed by atoms with E-state index >= 15 is 0 Å². The molecule has 0 bridgehead atoms. The van der Waals surface area contributed by atoms with Crippen LogP contribution in [0.4, 0.5) is 13.2 Å². The highest BCUT2D eigenvalue weighted by Gasteiger charge is 2.11. The van der Waals surface area contributed by atoms with Crippen molar-refractivity contribution in [3.8, 4) is 44.9 Å². The summed E-state index contributed by atoms with van der Waals surface area (Å²) in [6.07, 6.45) is 11.4. The van der Waals surface area contributed by atoms with Crippen molar-refractivity contribution in [2.75, 3.05) is 13.2 Å². The van der Waals surface area contributed by atoms with E-state index in [2.05, 4.69) is 13.2 Å². The van der Waals surface area contributed by atoms with Crippen molar-refractivity contribution < 1.29 is 22.6 Å². The summed E-state index contributed by atoms with van der Waals surface area (Å²) in [5.74, 6) is 0.725. The topological polar surface area (TPSA) is 18.5 Å². The molecule has 0 unspecified atom stereocenters. The fourth-order valence-electron chi connectivity index (χ4n) is 6.28. The third-order valence-electron chi connectivity index (χ3n) is 9.33. The van der Waals surface area contributed by atoms with E-state index < -0.39 is 0 Å². The van der Waals surface area contributed by atoms with Gasteiger partial charge < -0.3 is 9.47 Å². The maximum Gasteiger partial charge on any atom is 0.131 e. The molecule has 5 aromatic carbocycles. The molecule has 0 fully saturated rings. The van der Waals surface area contributed by atoms with Crippen LogP contribution in [0.15, 0.2) is 128 Å². The van der Waals surface area contributed by atoms with E-state index in [1.54, 1.807) is 36.4 Å². The fraction of sp³-hybridized carbons (Fsp3) is 0.250. The number of halogens is 3. The number of aryl methyl sites for hydroxylation is 2. The second kappa shape index (κ2) is 19.0. The van der Waals surface area contributed by atoms with Gasteiger partial charge in [0.25, 0.3) is 0 Å². The lowest BCUT2D eigenvalue weighted by Crippen LogP contribution is -2.00. The minimum atomic E-state index is -0.344. The number of allylic oxidation sites excluding steroid dienone is 4. The van der Waals surface area contributed by atoms with E-state index in [0.29, 0.717) is 35.5 Å². The molecule has 0 spiro atoms. The van der Waals surface area contributed by atoms with Crippen LogP contribution in [0.3, 0.4) is 0 Å². The molecule has 5 aromatic rings. The van der Waals surface area contributed by atoms with E-state index in [4.69, 9.17) is 9.47 Å². The van der Waals surface area contributed by atoms with Gasteiger partial charge in [-0.15, -0.1) is 0 Å². The summed E-state index contributed by atoms with van der Waals surface area (Å²) in [6, 6.07) is 28.2. The van der Waals surface area contributed by atoms with Gasteiger partial charge in [-0.2, -0.15) is 0 Å². The average molecular weight is 715 g/mol. The van der Waals surface area contributed by atoms with Gasteiger partial charge in [0.1, 0.15) is 29.0 Å².